The van der Waals surface area contributed by atoms with Crippen molar-refractivity contribution in [3.63, 3.8) is 0 Å². The third-order valence-electron chi connectivity index (χ3n) is 3.01. The molecule has 3 N–H and O–H groups in total. The molecule has 19 heavy (non-hydrogen) atoms. The highest BCUT2D eigenvalue weighted by Crippen LogP contribution is 2.24. The van der Waals surface area contributed by atoms with Crippen molar-refractivity contribution in [2.24, 2.45) is 12.9 Å². The zero-order chi connectivity index (χ0) is 13.8. The molecule has 0 fully saturated rings. The van der Waals surface area contributed by atoms with Crippen LogP contribution in [-0.2, 0) is 13.5 Å². The van der Waals surface area contributed by atoms with Crippen LogP contribution in [0.4, 0.5) is 4.39 Å². The van der Waals surface area contributed by atoms with E-state index in [2.05, 4.69) is 26.5 Å². The average molecular weight is 327 g/mol. The average Bonchev–Trinajstić information content (AvgIpc) is 2.80. The molecule has 102 valence electrons. The first kappa shape index (κ1) is 14.2. The fourth-order valence-corrected chi connectivity index (χ4v) is 2.40. The minimum Gasteiger partial charge on any atom is -0.276 e. The smallest absolute Gasteiger partial charge is 0.128 e. The molecule has 1 aromatic carbocycles. The summed E-state index contributed by atoms with van der Waals surface area (Å²) in [5.41, 5.74) is 4.35. The van der Waals surface area contributed by atoms with Crippen molar-refractivity contribution in [1.82, 2.24) is 15.2 Å². The topological polar surface area (TPSA) is 55.9 Å². The van der Waals surface area contributed by atoms with Crippen molar-refractivity contribution in [2.75, 3.05) is 0 Å². The van der Waals surface area contributed by atoms with E-state index in [9.17, 15) is 4.39 Å². The Morgan fingerprint density at radius 3 is 2.95 bits per heavy atom. The summed E-state index contributed by atoms with van der Waals surface area (Å²) in [5.74, 6) is 5.29. The Bertz CT molecular complexity index is 555. The normalized spacial score (nSPS) is 12.6. The van der Waals surface area contributed by atoms with Crippen molar-refractivity contribution in [2.45, 2.75) is 18.9 Å². The Morgan fingerprint density at radius 2 is 2.32 bits per heavy atom. The lowest BCUT2D eigenvalue weighted by Crippen LogP contribution is -2.29. The van der Waals surface area contributed by atoms with Crippen molar-refractivity contribution in [3.05, 3.63) is 52.0 Å². The Labute approximate surface area is 119 Å². The molecular weight excluding hydrogens is 311 g/mol. The Kier molecular flexibility index (Phi) is 4.68. The van der Waals surface area contributed by atoms with E-state index >= 15 is 0 Å². The van der Waals surface area contributed by atoms with Crippen LogP contribution in [0.1, 0.15) is 23.6 Å². The van der Waals surface area contributed by atoms with E-state index in [1.54, 1.807) is 16.8 Å². The molecule has 0 saturated heterocycles. The number of hydrogen-bond acceptors (Lipinski definition) is 3. The first-order chi connectivity index (χ1) is 9.10. The highest BCUT2D eigenvalue weighted by molar-refractivity contribution is 9.10. The van der Waals surface area contributed by atoms with Gasteiger partial charge in [0.1, 0.15) is 5.82 Å². The van der Waals surface area contributed by atoms with Gasteiger partial charge in [0.15, 0.2) is 0 Å². The molecule has 0 saturated carbocycles. The van der Waals surface area contributed by atoms with E-state index in [4.69, 9.17) is 5.84 Å². The summed E-state index contributed by atoms with van der Waals surface area (Å²) in [4.78, 5) is 0. The number of halogens is 2. The number of aromatic nitrogens is 2. The molecule has 0 radical (unpaired) electrons. The quantitative estimate of drug-likeness (QED) is 0.655. The van der Waals surface area contributed by atoms with E-state index < -0.39 is 0 Å². The summed E-state index contributed by atoms with van der Waals surface area (Å²) in [6.07, 6.45) is 5.25. The fourth-order valence-electron chi connectivity index (χ4n) is 2.02. The summed E-state index contributed by atoms with van der Waals surface area (Å²) in [6, 6.07) is 4.64. The van der Waals surface area contributed by atoms with E-state index in [0.29, 0.717) is 12.0 Å². The van der Waals surface area contributed by atoms with Crippen LogP contribution in [-0.4, -0.2) is 9.78 Å². The molecule has 0 spiro atoms. The molecule has 0 aliphatic rings. The number of rotatable bonds is 5. The third kappa shape index (κ3) is 3.62. The van der Waals surface area contributed by atoms with Crippen molar-refractivity contribution in [1.29, 1.82) is 0 Å². The van der Waals surface area contributed by atoms with Gasteiger partial charge in [-0.2, -0.15) is 5.10 Å². The van der Waals surface area contributed by atoms with Crippen molar-refractivity contribution in [3.8, 4) is 0 Å². The van der Waals surface area contributed by atoms with Gasteiger partial charge in [0.05, 0.1) is 6.20 Å². The Hall–Kier alpha value is -1.24. The molecule has 0 amide bonds. The first-order valence-corrected chi connectivity index (χ1v) is 6.78. The van der Waals surface area contributed by atoms with Crippen LogP contribution in [0.3, 0.4) is 0 Å². The lowest BCUT2D eigenvalue weighted by Gasteiger charge is -2.17. The van der Waals surface area contributed by atoms with Crippen molar-refractivity contribution >= 4 is 15.9 Å². The van der Waals surface area contributed by atoms with E-state index in [-0.39, 0.29) is 11.9 Å². The minimum atomic E-state index is -0.252. The summed E-state index contributed by atoms with van der Waals surface area (Å²) in [6.45, 7) is 0. The lowest BCUT2D eigenvalue weighted by atomic mass is 10.0. The zero-order valence-electron chi connectivity index (χ0n) is 10.6. The van der Waals surface area contributed by atoms with Gasteiger partial charge in [0, 0.05) is 29.3 Å². The highest BCUT2D eigenvalue weighted by atomic mass is 79.9. The van der Waals surface area contributed by atoms with Gasteiger partial charge in [-0.25, -0.2) is 4.39 Å². The molecule has 2 aromatic rings. The minimum absolute atomic E-state index is 0.224. The van der Waals surface area contributed by atoms with E-state index in [1.807, 2.05) is 19.4 Å². The molecule has 4 nitrogen and oxygen atoms in total. The summed E-state index contributed by atoms with van der Waals surface area (Å²) >= 11 is 3.34. The second-order valence-corrected chi connectivity index (χ2v) is 5.36. The maximum atomic E-state index is 13.8. The second-order valence-electron chi connectivity index (χ2n) is 4.45. The van der Waals surface area contributed by atoms with Crippen LogP contribution in [0, 0.1) is 5.82 Å². The number of nitrogens with two attached hydrogens (primary N) is 1. The largest absolute Gasteiger partial charge is 0.276 e. The molecule has 6 heteroatoms. The predicted molar refractivity (Wildman–Crippen MR) is 75.7 cm³/mol. The Morgan fingerprint density at radius 1 is 1.53 bits per heavy atom. The molecule has 0 bridgehead atoms. The van der Waals surface area contributed by atoms with Gasteiger partial charge >= 0.3 is 0 Å². The maximum Gasteiger partial charge on any atom is 0.128 e. The summed E-state index contributed by atoms with van der Waals surface area (Å²) < 4.78 is 16.4. The van der Waals surface area contributed by atoms with Crippen LogP contribution < -0.4 is 11.3 Å². The molecule has 1 heterocycles. The fraction of sp³-hybridized carbons (Fsp3) is 0.308. The molecule has 1 aromatic heterocycles. The van der Waals surface area contributed by atoms with Crippen LogP contribution in [0.15, 0.2) is 35.1 Å². The Balaban J connectivity index is 2.09. The van der Waals surface area contributed by atoms with Crippen LogP contribution in [0.5, 0.6) is 0 Å². The SMILES string of the molecule is Cn1cc(CCC(NN)c2cc(Br)ccc2F)cn1. The highest BCUT2D eigenvalue weighted by Gasteiger charge is 2.15. The van der Waals surface area contributed by atoms with E-state index in [1.165, 1.54) is 6.07 Å². The van der Waals surface area contributed by atoms with Crippen LogP contribution in [0.25, 0.3) is 0 Å². The number of nitrogens with one attached hydrogen (secondary N) is 1. The molecule has 2 rings (SSSR count). The van der Waals surface area contributed by atoms with Gasteiger partial charge in [-0.3, -0.25) is 16.0 Å². The first-order valence-electron chi connectivity index (χ1n) is 5.98. The summed E-state index contributed by atoms with van der Waals surface area (Å²) in [5, 5.41) is 4.11. The summed E-state index contributed by atoms with van der Waals surface area (Å²) in [7, 11) is 1.87. The number of benzene rings is 1. The monoisotopic (exact) mass is 326 g/mol. The van der Waals surface area contributed by atoms with Gasteiger partial charge in [-0.05, 0) is 36.6 Å². The molecule has 1 atom stereocenters. The van der Waals surface area contributed by atoms with Crippen LogP contribution in [0.2, 0.25) is 0 Å². The number of aryl methyl sites for hydroxylation is 2. The van der Waals surface area contributed by atoms with Gasteiger partial charge in [0.25, 0.3) is 0 Å². The molecular formula is C13H16BrFN4. The molecule has 0 aliphatic heterocycles. The molecule has 1 unspecified atom stereocenters. The molecule has 0 aliphatic carbocycles. The number of hydrazine groups is 1. The van der Waals surface area contributed by atoms with Crippen LogP contribution >= 0.6 is 15.9 Å². The van der Waals surface area contributed by atoms with Gasteiger partial charge < -0.3 is 0 Å². The maximum absolute atomic E-state index is 13.8. The van der Waals surface area contributed by atoms with Gasteiger partial charge in [-0.15, -0.1) is 0 Å². The number of hydrogen-bond donors (Lipinski definition) is 2. The number of nitrogens with zero attached hydrogens (tertiary/aromatic N) is 2. The lowest BCUT2D eigenvalue weighted by molar-refractivity contribution is 0.485. The van der Waals surface area contributed by atoms with Gasteiger partial charge in [0.2, 0.25) is 0 Å². The second kappa shape index (κ2) is 6.27. The zero-order valence-corrected chi connectivity index (χ0v) is 12.2. The van der Waals surface area contributed by atoms with Crippen molar-refractivity contribution < 1.29 is 4.39 Å². The predicted octanol–water partition coefficient (Wildman–Crippen LogP) is 2.46. The third-order valence-corrected chi connectivity index (χ3v) is 3.51. The standard InChI is InChI=1S/C13H16BrFN4/c1-19-8-9(7-17-19)2-5-13(18-16)11-6-10(14)3-4-12(11)15/h3-4,6-8,13,18H,2,5,16H2,1H3. The van der Waals surface area contributed by atoms with Gasteiger partial charge in [-0.1, -0.05) is 15.9 Å². The van der Waals surface area contributed by atoms with E-state index in [0.717, 1.165) is 16.5 Å².